The number of carbonyl (C=O) groups excluding carboxylic acids is 3. The molecule has 0 spiro atoms. The van der Waals surface area contributed by atoms with Crippen molar-refractivity contribution in [2.75, 3.05) is 6.61 Å². The Kier molecular flexibility index (Phi) is 6.76. The highest BCUT2D eigenvalue weighted by atomic mass is 16.5. The fourth-order valence-electron chi connectivity index (χ4n) is 1.32. The van der Waals surface area contributed by atoms with Gasteiger partial charge in [-0.3, -0.25) is 14.4 Å². The normalized spacial score (nSPS) is 12.8. The van der Waals surface area contributed by atoms with Gasteiger partial charge in [-0.1, -0.05) is 12.7 Å². The summed E-state index contributed by atoms with van der Waals surface area (Å²) in [5.41, 5.74) is 0.789. The summed E-state index contributed by atoms with van der Waals surface area (Å²) in [6.07, 6.45) is 3.31. The van der Waals surface area contributed by atoms with Crippen LogP contribution >= 0.6 is 0 Å². The number of esters is 1. The lowest BCUT2D eigenvalue weighted by Crippen LogP contribution is -2.13. The van der Waals surface area contributed by atoms with Gasteiger partial charge in [0.2, 0.25) is 0 Å². The van der Waals surface area contributed by atoms with Crippen molar-refractivity contribution in [3.05, 3.63) is 23.8 Å². The van der Waals surface area contributed by atoms with E-state index in [9.17, 15) is 14.4 Å². The lowest BCUT2D eigenvalue weighted by molar-refractivity contribution is -0.141. The molecule has 0 radical (unpaired) electrons. The van der Waals surface area contributed by atoms with Crippen molar-refractivity contribution < 1.29 is 19.1 Å². The van der Waals surface area contributed by atoms with Crippen molar-refractivity contribution in [2.24, 2.45) is 5.92 Å². The Morgan fingerprint density at radius 2 is 2.00 bits per heavy atom. The maximum atomic E-state index is 10.8. The van der Waals surface area contributed by atoms with Gasteiger partial charge in [0, 0.05) is 12.8 Å². The summed E-state index contributed by atoms with van der Waals surface area (Å²) >= 11 is 0. The average Bonchev–Trinajstić information content (AvgIpc) is 2.27. The summed E-state index contributed by atoms with van der Waals surface area (Å²) in [7, 11) is 0. The molecule has 0 heterocycles. The first-order valence-corrected chi connectivity index (χ1v) is 4.95. The molecule has 0 aliphatic heterocycles. The number of allylic oxidation sites excluding steroid dienone is 3. The van der Waals surface area contributed by atoms with Crippen LogP contribution < -0.4 is 0 Å². The fourth-order valence-corrected chi connectivity index (χ4v) is 1.32. The number of rotatable bonds is 7. The van der Waals surface area contributed by atoms with Crippen LogP contribution in [0.25, 0.3) is 0 Å². The van der Waals surface area contributed by atoms with E-state index in [0.717, 1.165) is 0 Å². The molecule has 0 aromatic heterocycles. The fraction of sp³-hybridized carbons (Fsp3) is 0.417. The maximum absolute atomic E-state index is 10.8. The molecule has 0 amide bonds. The van der Waals surface area contributed by atoms with Crippen molar-refractivity contribution in [1.82, 2.24) is 0 Å². The predicted octanol–water partition coefficient (Wildman–Crippen LogP) is 1.46. The van der Waals surface area contributed by atoms with E-state index in [4.69, 9.17) is 4.74 Å². The number of aldehydes is 2. The zero-order valence-corrected chi connectivity index (χ0v) is 9.56. The van der Waals surface area contributed by atoms with Crippen molar-refractivity contribution in [1.29, 1.82) is 0 Å². The highest BCUT2D eigenvalue weighted by molar-refractivity contribution is 5.81. The monoisotopic (exact) mass is 224 g/mol. The second kappa shape index (κ2) is 7.56. The number of hydrogen-bond donors (Lipinski definition) is 0. The predicted molar refractivity (Wildman–Crippen MR) is 59.8 cm³/mol. The third kappa shape index (κ3) is 4.68. The van der Waals surface area contributed by atoms with E-state index in [1.54, 1.807) is 13.0 Å². The van der Waals surface area contributed by atoms with E-state index >= 15 is 0 Å². The van der Waals surface area contributed by atoms with Crippen LogP contribution in [0.2, 0.25) is 0 Å². The molecule has 0 fully saturated rings. The second-order valence-electron chi connectivity index (χ2n) is 3.28. The Morgan fingerprint density at radius 1 is 1.38 bits per heavy atom. The molecule has 0 bridgehead atoms. The summed E-state index contributed by atoms with van der Waals surface area (Å²) in [5.74, 6) is -0.761. The van der Waals surface area contributed by atoms with Gasteiger partial charge in [0.05, 0.1) is 6.61 Å². The van der Waals surface area contributed by atoms with Crippen LogP contribution in [0.5, 0.6) is 0 Å². The molecule has 0 aromatic carbocycles. The van der Waals surface area contributed by atoms with Crippen LogP contribution in [0.1, 0.15) is 20.3 Å². The summed E-state index contributed by atoms with van der Waals surface area (Å²) in [4.78, 5) is 32.0. The standard InChI is InChI=1S/C12H16O4/c1-4-11(8-14)12(9(2)7-13)5-6-16-10(3)15/h4,7-8,12H,2,5-6H2,1,3H3/b11-4-/t12-/m1/s1. The van der Waals surface area contributed by atoms with E-state index in [1.165, 1.54) is 6.92 Å². The molecular formula is C12H16O4. The lowest BCUT2D eigenvalue weighted by atomic mass is 9.90. The minimum absolute atomic E-state index is 0.165. The Hall–Kier alpha value is -1.71. The molecule has 0 aliphatic carbocycles. The molecule has 88 valence electrons. The highest BCUT2D eigenvalue weighted by Gasteiger charge is 2.16. The minimum atomic E-state index is -0.386. The number of ether oxygens (including phenoxy) is 1. The van der Waals surface area contributed by atoms with Gasteiger partial charge in [0.25, 0.3) is 0 Å². The van der Waals surface area contributed by atoms with Crippen LogP contribution in [0, 0.1) is 5.92 Å². The third-order valence-electron chi connectivity index (χ3n) is 2.18. The van der Waals surface area contributed by atoms with Crippen LogP contribution in [0.3, 0.4) is 0 Å². The molecule has 0 aromatic rings. The molecule has 0 N–H and O–H groups in total. The van der Waals surface area contributed by atoms with Crippen LogP contribution in [-0.2, 0) is 19.1 Å². The molecule has 4 heteroatoms. The molecule has 1 atom stereocenters. The van der Waals surface area contributed by atoms with Gasteiger partial charge in [-0.05, 0) is 24.5 Å². The van der Waals surface area contributed by atoms with Gasteiger partial charge < -0.3 is 4.74 Å². The number of hydrogen-bond acceptors (Lipinski definition) is 4. The van der Waals surface area contributed by atoms with E-state index < -0.39 is 0 Å². The lowest BCUT2D eigenvalue weighted by Gasteiger charge is -2.15. The Morgan fingerprint density at radius 3 is 2.38 bits per heavy atom. The molecule has 0 rings (SSSR count). The number of carbonyl (C=O) groups is 3. The van der Waals surface area contributed by atoms with Crippen molar-refractivity contribution in [3.63, 3.8) is 0 Å². The molecule has 4 nitrogen and oxygen atoms in total. The van der Waals surface area contributed by atoms with Crippen molar-refractivity contribution >= 4 is 18.5 Å². The molecule has 16 heavy (non-hydrogen) atoms. The first-order valence-electron chi connectivity index (χ1n) is 4.95. The van der Waals surface area contributed by atoms with E-state index in [1.807, 2.05) is 0 Å². The van der Waals surface area contributed by atoms with Gasteiger partial charge in [-0.15, -0.1) is 0 Å². The highest BCUT2D eigenvalue weighted by Crippen LogP contribution is 2.20. The smallest absolute Gasteiger partial charge is 0.302 e. The Balaban J connectivity index is 4.56. The second-order valence-corrected chi connectivity index (χ2v) is 3.28. The van der Waals surface area contributed by atoms with E-state index in [-0.39, 0.29) is 18.5 Å². The maximum Gasteiger partial charge on any atom is 0.302 e. The first-order chi connectivity index (χ1) is 7.56. The van der Waals surface area contributed by atoms with Crippen LogP contribution in [-0.4, -0.2) is 25.1 Å². The third-order valence-corrected chi connectivity index (χ3v) is 2.18. The quantitative estimate of drug-likeness (QED) is 0.373. The summed E-state index contributed by atoms with van der Waals surface area (Å²) < 4.78 is 4.77. The topological polar surface area (TPSA) is 60.4 Å². The van der Waals surface area contributed by atoms with Crippen molar-refractivity contribution in [3.8, 4) is 0 Å². The van der Waals surface area contributed by atoms with Crippen LogP contribution in [0.15, 0.2) is 23.8 Å². The van der Waals surface area contributed by atoms with Gasteiger partial charge in [0.1, 0.15) is 12.6 Å². The Bertz CT molecular complexity index is 315. The van der Waals surface area contributed by atoms with E-state index in [2.05, 4.69) is 6.58 Å². The Labute approximate surface area is 95.0 Å². The largest absolute Gasteiger partial charge is 0.466 e. The zero-order valence-electron chi connectivity index (χ0n) is 9.56. The molecule has 0 unspecified atom stereocenters. The minimum Gasteiger partial charge on any atom is -0.466 e. The van der Waals surface area contributed by atoms with Gasteiger partial charge in [0.15, 0.2) is 0 Å². The zero-order chi connectivity index (χ0) is 12.6. The average molecular weight is 224 g/mol. The molecule has 0 saturated heterocycles. The SMILES string of the molecule is C=C(C=O)[C@@H](CCOC(C)=O)/C(C=O)=C\C. The summed E-state index contributed by atoms with van der Waals surface area (Å²) in [5, 5.41) is 0. The van der Waals surface area contributed by atoms with Gasteiger partial charge in [-0.2, -0.15) is 0 Å². The van der Waals surface area contributed by atoms with E-state index in [0.29, 0.717) is 30.1 Å². The molecular weight excluding hydrogens is 208 g/mol. The summed E-state index contributed by atoms with van der Waals surface area (Å²) in [6.45, 7) is 6.76. The summed E-state index contributed by atoms with van der Waals surface area (Å²) in [6, 6.07) is 0. The van der Waals surface area contributed by atoms with Gasteiger partial charge in [-0.25, -0.2) is 0 Å². The van der Waals surface area contributed by atoms with Crippen LogP contribution in [0.4, 0.5) is 0 Å². The molecule has 0 saturated carbocycles. The van der Waals surface area contributed by atoms with Crippen molar-refractivity contribution in [2.45, 2.75) is 20.3 Å². The van der Waals surface area contributed by atoms with Gasteiger partial charge >= 0.3 is 5.97 Å². The molecule has 0 aliphatic rings. The first kappa shape index (κ1) is 14.3.